The number of carbonyl (C=O) groups is 1. The summed E-state index contributed by atoms with van der Waals surface area (Å²) in [6.07, 6.45) is 5.72. The molecule has 194 valence electrons. The van der Waals surface area contributed by atoms with Crippen LogP contribution in [-0.2, 0) is 10.2 Å². The van der Waals surface area contributed by atoms with Gasteiger partial charge in [0, 0.05) is 49.9 Å². The molecule has 0 aromatic carbocycles. The van der Waals surface area contributed by atoms with Crippen molar-refractivity contribution in [3.63, 3.8) is 0 Å². The second kappa shape index (κ2) is 10.8. The molecule has 37 heavy (non-hydrogen) atoms. The molecular formula is C28H34N6O3. The number of nitrogens with one attached hydrogen (secondary N) is 1. The first-order valence-electron chi connectivity index (χ1n) is 12.5. The third kappa shape index (κ3) is 5.87. The predicted molar refractivity (Wildman–Crippen MR) is 141 cm³/mol. The van der Waals surface area contributed by atoms with Crippen molar-refractivity contribution in [2.75, 3.05) is 26.3 Å². The summed E-state index contributed by atoms with van der Waals surface area (Å²) < 4.78 is 11.3. The molecule has 9 heteroatoms. The van der Waals surface area contributed by atoms with E-state index in [1.807, 2.05) is 53.0 Å². The Bertz CT molecular complexity index is 1240. The van der Waals surface area contributed by atoms with E-state index in [0.29, 0.717) is 38.6 Å². The number of carbonyl (C=O) groups excluding carboxylic acids is 1. The summed E-state index contributed by atoms with van der Waals surface area (Å²) >= 11 is 0. The Balaban J connectivity index is 1.65. The van der Waals surface area contributed by atoms with Crippen LogP contribution in [0.3, 0.4) is 0 Å². The number of morpholine rings is 1. The van der Waals surface area contributed by atoms with Gasteiger partial charge in [0.25, 0.3) is 5.91 Å². The van der Waals surface area contributed by atoms with Crippen molar-refractivity contribution in [2.24, 2.45) is 4.99 Å². The summed E-state index contributed by atoms with van der Waals surface area (Å²) in [5.74, 6) is 0.238. The number of rotatable bonds is 7. The third-order valence-corrected chi connectivity index (χ3v) is 6.70. The summed E-state index contributed by atoms with van der Waals surface area (Å²) in [5.41, 5.74) is 2.17. The van der Waals surface area contributed by atoms with Gasteiger partial charge in [-0.05, 0) is 69.5 Å². The van der Waals surface area contributed by atoms with Crippen LogP contribution >= 0.6 is 0 Å². The fraction of sp³-hybridized carbons (Fsp3) is 0.464. The van der Waals surface area contributed by atoms with Crippen LogP contribution in [0.4, 0.5) is 0 Å². The van der Waals surface area contributed by atoms with Crippen molar-refractivity contribution < 1.29 is 14.3 Å². The molecule has 1 amide bonds. The maximum atomic E-state index is 13.6. The standard InChI is InChI=1S/C28H34N6O3/c1-19(2)37-25-7-6-21(16-31-25)23-15-28(18-32-20(23)3,34-10-12-36-13-11-34)33-26(35)24-14-22(8-9-30-24)27(4,5)17-29/h6-9,14,16,18-19H,10-13,15H2,1-5H3,(H,33,35). The highest BCUT2D eigenvalue weighted by Crippen LogP contribution is 2.35. The molecule has 1 N–H and O–H groups in total. The van der Waals surface area contributed by atoms with Crippen LogP contribution in [0.1, 0.15) is 62.7 Å². The maximum Gasteiger partial charge on any atom is 0.271 e. The highest BCUT2D eigenvalue weighted by Gasteiger charge is 2.41. The zero-order valence-electron chi connectivity index (χ0n) is 22.1. The van der Waals surface area contributed by atoms with Crippen molar-refractivity contribution in [3.05, 3.63) is 59.2 Å². The lowest BCUT2D eigenvalue weighted by Crippen LogP contribution is -2.65. The van der Waals surface area contributed by atoms with Gasteiger partial charge < -0.3 is 14.8 Å². The Labute approximate surface area is 218 Å². The Hall–Kier alpha value is -3.61. The molecule has 0 radical (unpaired) electrons. The lowest BCUT2D eigenvalue weighted by Gasteiger charge is -2.45. The van der Waals surface area contributed by atoms with E-state index in [2.05, 4.69) is 26.3 Å². The zero-order chi connectivity index (χ0) is 26.6. The van der Waals surface area contributed by atoms with E-state index in [1.165, 1.54) is 0 Å². The Morgan fingerprint density at radius 1 is 1.24 bits per heavy atom. The second-order valence-corrected chi connectivity index (χ2v) is 10.2. The molecule has 2 aromatic rings. The van der Waals surface area contributed by atoms with E-state index < -0.39 is 11.1 Å². The molecule has 0 bridgehead atoms. The van der Waals surface area contributed by atoms with Gasteiger partial charge in [-0.2, -0.15) is 5.26 Å². The van der Waals surface area contributed by atoms with Crippen molar-refractivity contribution in [1.29, 1.82) is 5.26 Å². The largest absolute Gasteiger partial charge is 0.475 e. The van der Waals surface area contributed by atoms with Crippen molar-refractivity contribution in [1.82, 2.24) is 20.2 Å². The lowest BCUT2D eigenvalue weighted by atomic mass is 9.86. The fourth-order valence-electron chi connectivity index (χ4n) is 4.49. The number of aromatic nitrogens is 2. The lowest BCUT2D eigenvalue weighted by molar-refractivity contribution is -0.00627. The van der Waals surface area contributed by atoms with E-state index in [1.54, 1.807) is 24.5 Å². The molecule has 9 nitrogen and oxygen atoms in total. The van der Waals surface area contributed by atoms with Gasteiger partial charge in [-0.15, -0.1) is 0 Å². The minimum absolute atomic E-state index is 0.0358. The normalized spacial score (nSPS) is 20.6. The van der Waals surface area contributed by atoms with Gasteiger partial charge in [0.1, 0.15) is 11.4 Å². The highest BCUT2D eigenvalue weighted by atomic mass is 16.5. The van der Waals surface area contributed by atoms with Crippen LogP contribution in [0.25, 0.3) is 5.57 Å². The first-order chi connectivity index (χ1) is 17.6. The number of hydrogen-bond acceptors (Lipinski definition) is 8. The minimum Gasteiger partial charge on any atom is -0.475 e. The van der Waals surface area contributed by atoms with Crippen LogP contribution in [-0.4, -0.2) is 65.1 Å². The molecular weight excluding hydrogens is 468 g/mol. The Morgan fingerprint density at radius 2 is 2.00 bits per heavy atom. The van der Waals surface area contributed by atoms with E-state index in [9.17, 15) is 10.1 Å². The van der Waals surface area contributed by atoms with Gasteiger partial charge >= 0.3 is 0 Å². The molecule has 4 heterocycles. The monoisotopic (exact) mass is 502 g/mol. The number of nitrogens with zero attached hydrogens (tertiary/aromatic N) is 5. The van der Waals surface area contributed by atoms with Crippen LogP contribution in [0.5, 0.6) is 5.88 Å². The first kappa shape index (κ1) is 26.5. The highest BCUT2D eigenvalue weighted by molar-refractivity contribution is 5.96. The van der Waals surface area contributed by atoms with E-state index in [4.69, 9.17) is 14.5 Å². The molecule has 2 aliphatic rings. The molecule has 1 saturated heterocycles. The van der Waals surface area contributed by atoms with Gasteiger partial charge in [-0.3, -0.25) is 19.7 Å². The van der Waals surface area contributed by atoms with Gasteiger partial charge in [0.05, 0.1) is 30.8 Å². The maximum absolute atomic E-state index is 13.6. The zero-order valence-corrected chi connectivity index (χ0v) is 22.1. The summed E-state index contributed by atoms with van der Waals surface area (Å²) in [6.45, 7) is 11.9. The molecule has 2 aromatic heterocycles. The summed E-state index contributed by atoms with van der Waals surface area (Å²) in [6, 6.07) is 9.57. The smallest absolute Gasteiger partial charge is 0.271 e. The quantitative estimate of drug-likeness (QED) is 0.614. The second-order valence-electron chi connectivity index (χ2n) is 10.2. The number of ether oxygens (including phenoxy) is 2. The average Bonchev–Trinajstić information content (AvgIpc) is 2.90. The molecule has 2 aliphatic heterocycles. The van der Waals surface area contributed by atoms with Crippen LogP contribution in [0.2, 0.25) is 0 Å². The predicted octanol–water partition coefficient (Wildman–Crippen LogP) is 3.73. The third-order valence-electron chi connectivity index (χ3n) is 6.70. The SMILES string of the molecule is CC1=C(c2ccc(OC(C)C)nc2)CC(NC(=O)c2cc(C(C)(C)C#N)ccn2)(N2CCOCC2)C=N1. The number of amides is 1. The molecule has 0 spiro atoms. The molecule has 1 fully saturated rings. The topological polar surface area (TPSA) is 113 Å². The molecule has 4 rings (SSSR count). The number of hydrogen-bond donors (Lipinski definition) is 1. The van der Waals surface area contributed by atoms with E-state index >= 15 is 0 Å². The van der Waals surface area contributed by atoms with Gasteiger partial charge in [-0.25, -0.2) is 4.98 Å². The van der Waals surface area contributed by atoms with Crippen LogP contribution in [0.15, 0.2) is 47.3 Å². The summed E-state index contributed by atoms with van der Waals surface area (Å²) in [4.78, 5) is 29.3. The number of allylic oxidation sites excluding steroid dienone is 1. The Kier molecular flexibility index (Phi) is 7.71. The van der Waals surface area contributed by atoms with Gasteiger partial charge in [0.2, 0.25) is 5.88 Å². The minimum atomic E-state index is -0.870. The summed E-state index contributed by atoms with van der Waals surface area (Å²) in [7, 11) is 0. The van der Waals surface area contributed by atoms with Crippen LogP contribution in [0, 0.1) is 11.3 Å². The summed E-state index contributed by atoms with van der Waals surface area (Å²) in [5, 5.41) is 12.8. The van der Waals surface area contributed by atoms with Gasteiger partial charge in [-0.1, -0.05) is 0 Å². The Morgan fingerprint density at radius 3 is 2.65 bits per heavy atom. The average molecular weight is 503 g/mol. The van der Waals surface area contributed by atoms with E-state index in [-0.39, 0.29) is 17.7 Å². The molecule has 1 unspecified atom stereocenters. The number of pyridine rings is 2. The molecule has 1 atom stereocenters. The first-order valence-corrected chi connectivity index (χ1v) is 12.5. The fourth-order valence-corrected chi connectivity index (χ4v) is 4.49. The number of aliphatic imine (C=N–C) groups is 1. The van der Waals surface area contributed by atoms with Gasteiger partial charge in [0.15, 0.2) is 0 Å². The molecule has 0 saturated carbocycles. The number of nitriles is 1. The van der Waals surface area contributed by atoms with E-state index in [0.717, 1.165) is 22.4 Å². The van der Waals surface area contributed by atoms with Crippen molar-refractivity contribution in [3.8, 4) is 11.9 Å². The van der Waals surface area contributed by atoms with Crippen molar-refractivity contribution in [2.45, 2.75) is 58.2 Å². The van der Waals surface area contributed by atoms with Crippen LogP contribution < -0.4 is 10.1 Å². The molecule has 0 aliphatic carbocycles. The van der Waals surface area contributed by atoms with Crippen molar-refractivity contribution >= 4 is 17.7 Å².